The molecule has 0 aliphatic carbocycles. The maximum atomic E-state index is 10.1. The molecule has 2 atom stereocenters. The van der Waals surface area contributed by atoms with E-state index in [-0.39, 0.29) is 13.1 Å². The highest BCUT2D eigenvalue weighted by Gasteiger charge is 2.29. The molecule has 1 aliphatic heterocycles. The summed E-state index contributed by atoms with van der Waals surface area (Å²) in [4.78, 5) is 11.0. The van der Waals surface area contributed by atoms with Gasteiger partial charge in [-0.3, -0.25) is 0 Å². The Morgan fingerprint density at radius 3 is 2.00 bits per heavy atom. The van der Waals surface area contributed by atoms with Gasteiger partial charge in [-0.15, -0.1) is 0 Å². The van der Waals surface area contributed by atoms with Crippen molar-refractivity contribution < 1.29 is 20.1 Å². The Morgan fingerprint density at radius 2 is 1.80 bits per heavy atom. The molecule has 1 rings (SSSR count). The van der Waals surface area contributed by atoms with Crippen molar-refractivity contribution in [3.05, 3.63) is 0 Å². The van der Waals surface area contributed by atoms with Gasteiger partial charge in [-0.2, -0.15) is 0 Å². The highest BCUT2D eigenvalue weighted by Crippen LogP contribution is 2.08. The Balaban J connectivity index is 2.49. The predicted octanol–water partition coefficient (Wildman–Crippen LogP) is -2.63. The maximum absolute atomic E-state index is 10.1. The van der Waals surface area contributed by atoms with E-state index in [1.54, 1.807) is 0 Å². The van der Waals surface area contributed by atoms with Crippen LogP contribution in [0.5, 0.6) is 0 Å². The van der Waals surface area contributed by atoms with Gasteiger partial charge in [0.05, 0.1) is 12.2 Å². The highest BCUT2D eigenvalue weighted by atomic mass is 16.4. The minimum absolute atomic E-state index is 0.0521. The Morgan fingerprint density at radius 1 is 1.40 bits per heavy atom. The number of carbonyl (C=O) groups excluding carboxylic acids is 1. The normalized spacial score (nSPS) is 32.8. The van der Waals surface area contributed by atoms with Crippen molar-refractivity contribution in [3.63, 3.8) is 0 Å². The molecule has 5 heteroatoms. The first-order chi connectivity index (χ1) is 4.61. The summed E-state index contributed by atoms with van der Waals surface area (Å²) in [6.45, 7) is -0.104. The molecule has 0 saturated carbocycles. The van der Waals surface area contributed by atoms with Gasteiger partial charge in [0.25, 0.3) is 0 Å². The first-order valence-corrected chi connectivity index (χ1v) is 2.93. The Kier molecular flexibility index (Phi) is 1.78. The van der Waals surface area contributed by atoms with Crippen molar-refractivity contribution in [1.82, 2.24) is 4.90 Å². The first-order valence-electron chi connectivity index (χ1n) is 2.93. The van der Waals surface area contributed by atoms with E-state index in [4.69, 9.17) is 10.2 Å². The van der Waals surface area contributed by atoms with Crippen LogP contribution in [0.15, 0.2) is 0 Å². The molecule has 1 amide bonds. The number of rotatable bonds is 0. The van der Waals surface area contributed by atoms with Crippen molar-refractivity contribution in [2.45, 2.75) is 12.2 Å². The molecule has 1 fully saturated rings. The summed E-state index contributed by atoms with van der Waals surface area (Å²) in [6, 6.07) is 0. The summed E-state index contributed by atoms with van der Waals surface area (Å²) < 4.78 is 0. The van der Waals surface area contributed by atoms with Crippen LogP contribution in [0.2, 0.25) is 0 Å². The smallest absolute Gasteiger partial charge is 0.137 e. The molecular formula is C5H8NO4-. The van der Waals surface area contributed by atoms with Crippen LogP contribution >= 0.6 is 0 Å². The van der Waals surface area contributed by atoms with Crippen LogP contribution in [0, 0.1) is 0 Å². The number of likely N-dealkylation sites (tertiary alicyclic amines) is 1. The summed E-state index contributed by atoms with van der Waals surface area (Å²) in [5.74, 6) is 0. The summed E-state index contributed by atoms with van der Waals surface area (Å²) in [6.07, 6.45) is -3.27. The number of amides is 1. The molecule has 1 saturated heterocycles. The van der Waals surface area contributed by atoms with Crippen LogP contribution in [0.3, 0.4) is 0 Å². The number of β-amino-alcohol motifs (C(OH)–C–C–N with tert-alkyl or cyclic N) is 2. The molecule has 0 spiro atoms. The van der Waals surface area contributed by atoms with Gasteiger partial charge >= 0.3 is 0 Å². The molecular weight excluding hydrogens is 138 g/mol. The quantitative estimate of drug-likeness (QED) is 0.391. The third-order valence-electron chi connectivity index (χ3n) is 1.52. The predicted molar refractivity (Wildman–Crippen MR) is 29.0 cm³/mol. The molecule has 0 radical (unpaired) electrons. The molecule has 58 valence electrons. The largest absolute Gasteiger partial charge is 0.530 e. The third kappa shape index (κ3) is 1.19. The zero-order chi connectivity index (χ0) is 7.72. The molecule has 5 nitrogen and oxygen atoms in total. The second-order valence-electron chi connectivity index (χ2n) is 2.31. The molecule has 10 heavy (non-hydrogen) atoms. The van der Waals surface area contributed by atoms with Crippen LogP contribution < -0.4 is 5.11 Å². The van der Waals surface area contributed by atoms with E-state index >= 15 is 0 Å². The second kappa shape index (κ2) is 2.43. The zero-order valence-electron chi connectivity index (χ0n) is 5.23. The fourth-order valence-corrected chi connectivity index (χ4v) is 0.919. The van der Waals surface area contributed by atoms with Crippen LogP contribution in [0.25, 0.3) is 0 Å². The number of carbonyl (C=O) groups is 1. The number of carboxylic acid groups (broad SMARTS) is 1. The van der Waals surface area contributed by atoms with Crippen molar-refractivity contribution in [1.29, 1.82) is 0 Å². The van der Waals surface area contributed by atoms with Gasteiger partial charge in [0.15, 0.2) is 0 Å². The van der Waals surface area contributed by atoms with Crippen LogP contribution in [-0.2, 0) is 0 Å². The number of aliphatic hydroxyl groups is 2. The van der Waals surface area contributed by atoms with Gasteiger partial charge in [0.1, 0.15) is 6.09 Å². The second-order valence-corrected chi connectivity index (χ2v) is 2.31. The summed E-state index contributed by atoms with van der Waals surface area (Å²) in [5.41, 5.74) is 0. The minimum Gasteiger partial charge on any atom is -0.530 e. The molecule has 1 aliphatic rings. The lowest BCUT2D eigenvalue weighted by Gasteiger charge is -2.16. The SMILES string of the molecule is O=C([O-])N1CC(O)C(O)C1. The van der Waals surface area contributed by atoms with Crippen LogP contribution in [-0.4, -0.2) is 46.5 Å². The molecule has 0 aromatic rings. The third-order valence-corrected chi connectivity index (χ3v) is 1.52. The van der Waals surface area contributed by atoms with Gasteiger partial charge in [-0.25, -0.2) is 0 Å². The van der Waals surface area contributed by atoms with Crippen LogP contribution in [0.1, 0.15) is 0 Å². The van der Waals surface area contributed by atoms with E-state index < -0.39 is 18.3 Å². The van der Waals surface area contributed by atoms with Crippen LogP contribution in [0.4, 0.5) is 4.79 Å². The zero-order valence-corrected chi connectivity index (χ0v) is 5.23. The summed E-state index contributed by atoms with van der Waals surface area (Å²) in [5, 5.41) is 27.8. The summed E-state index contributed by atoms with van der Waals surface area (Å²) in [7, 11) is 0. The fourth-order valence-electron chi connectivity index (χ4n) is 0.919. The van der Waals surface area contributed by atoms with Gasteiger partial charge in [-0.1, -0.05) is 0 Å². The first kappa shape index (κ1) is 7.30. The van der Waals surface area contributed by atoms with Crippen molar-refractivity contribution >= 4 is 6.09 Å². The molecule has 2 unspecified atom stereocenters. The lowest BCUT2D eigenvalue weighted by molar-refractivity contribution is -0.264. The van der Waals surface area contributed by atoms with E-state index in [1.165, 1.54) is 0 Å². The number of hydrogen-bond donors (Lipinski definition) is 2. The number of aliphatic hydroxyl groups excluding tert-OH is 2. The summed E-state index contributed by atoms with van der Waals surface area (Å²) >= 11 is 0. The molecule has 1 heterocycles. The maximum Gasteiger partial charge on any atom is 0.137 e. The van der Waals surface area contributed by atoms with Gasteiger partial charge in [-0.05, 0) is 0 Å². The van der Waals surface area contributed by atoms with E-state index in [0.29, 0.717) is 0 Å². The van der Waals surface area contributed by atoms with Gasteiger partial charge < -0.3 is 25.0 Å². The Bertz CT molecular complexity index is 139. The van der Waals surface area contributed by atoms with E-state index in [1.807, 2.05) is 0 Å². The van der Waals surface area contributed by atoms with Gasteiger partial charge in [0, 0.05) is 13.1 Å². The average Bonchev–Trinajstić information content (AvgIpc) is 2.13. The van der Waals surface area contributed by atoms with E-state index in [9.17, 15) is 9.90 Å². The standard InChI is InChI=1S/C5H9NO4/c7-3-1-6(5(9)10)2-4(3)8/h3-4,7-8H,1-2H2,(H,9,10)/p-1. The van der Waals surface area contributed by atoms with E-state index in [0.717, 1.165) is 4.90 Å². The van der Waals surface area contributed by atoms with Gasteiger partial charge in [0.2, 0.25) is 0 Å². The van der Waals surface area contributed by atoms with E-state index in [2.05, 4.69) is 0 Å². The molecule has 0 aromatic heterocycles. The Labute approximate surface area is 57.5 Å². The lowest BCUT2D eigenvalue weighted by Crippen LogP contribution is -2.40. The molecule has 0 bridgehead atoms. The number of nitrogens with zero attached hydrogens (tertiary/aromatic N) is 1. The average molecular weight is 146 g/mol. The van der Waals surface area contributed by atoms with Crippen molar-refractivity contribution in [3.8, 4) is 0 Å². The highest BCUT2D eigenvalue weighted by molar-refractivity contribution is 5.63. The van der Waals surface area contributed by atoms with Crippen molar-refractivity contribution in [2.24, 2.45) is 0 Å². The number of hydrogen-bond acceptors (Lipinski definition) is 4. The lowest BCUT2D eigenvalue weighted by atomic mass is 10.3. The Hall–Kier alpha value is -0.810. The molecule has 2 N–H and O–H groups in total. The minimum atomic E-state index is -1.35. The topological polar surface area (TPSA) is 83.8 Å². The van der Waals surface area contributed by atoms with Crippen molar-refractivity contribution in [2.75, 3.05) is 13.1 Å². The fraction of sp³-hybridized carbons (Fsp3) is 0.800. The monoisotopic (exact) mass is 146 g/mol. The molecule has 0 aromatic carbocycles.